The summed E-state index contributed by atoms with van der Waals surface area (Å²) in [5.41, 5.74) is 1.35. The molecular weight excluding hydrogens is 284 g/mol. The number of ether oxygens (including phenoxy) is 1. The number of hydrogen-bond acceptors (Lipinski definition) is 9. The lowest BCUT2D eigenvalue weighted by Gasteiger charge is -2.16. The molecule has 0 aliphatic heterocycles. The molecule has 5 N–H and O–H groups in total. The highest BCUT2D eigenvalue weighted by molar-refractivity contribution is 5.74. The van der Waals surface area contributed by atoms with E-state index in [1.807, 2.05) is 0 Å². The third-order valence-corrected chi connectivity index (χ3v) is 2.45. The lowest BCUT2D eigenvalue weighted by atomic mass is 10.1. The van der Waals surface area contributed by atoms with Gasteiger partial charge in [-0.05, 0) is 0 Å². The summed E-state index contributed by atoms with van der Waals surface area (Å²) in [7, 11) is 1.56. The number of fused-ring (bicyclic) bond motifs is 1. The molecule has 0 bridgehead atoms. The average Bonchev–Trinajstić information content (AvgIpc) is 3.01. The highest BCUT2D eigenvalue weighted by atomic mass is 16.5. The normalized spacial score (nSPS) is 14.7. The highest BCUT2D eigenvalue weighted by Crippen LogP contribution is 2.15. The number of nitrogens with zero attached hydrogens (tertiary/aromatic N) is 3. The first-order chi connectivity index (χ1) is 10.0. The van der Waals surface area contributed by atoms with Crippen LogP contribution in [0.5, 0.6) is 5.88 Å². The van der Waals surface area contributed by atoms with E-state index in [9.17, 15) is 4.79 Å². The molecular formula is C11H16N4O6. The molecule has 0 aromatic carbocycles. The Bertz CT molecular complexity index is 562. The zero-order valence-corrected chi connectivity index (χ0v) is 11.1. The minimum atomic E-state index is -1.64. The number of nitrogens with one attached hydrogen (secondary N) is 1. The molecule has 2 aromatic rings. The van der Waals surface area contributed by atoms with Crippen LogP contribution in [0.25, 0.3) is 11.2 Å². The van der Waals surface area contributed by atoms with Crippen LogP contribution >= 0.6 is 0 Å². The van der Waals surface area contributed by atoms with Crippen molar-refractivity contribution in [2.24, 2.45) is 0 Å². The first-order valence-corrected chi connectivity index (χ1v) is 5.83. The summed E-state index contributed by atoms with van der Waals surface area (Å²) in [6.07, 6.45) is -1.65. The minimum Gasteiger partial charge on any atom is -0.479 e. The largest absolute Gasteiger partial charge is 0.479 e. The maximum atomic E-state index is 9.76. The predicted octanol–water partition coefficient (Wildman–Crippen LogP) is -2.38. The smallest absolute Gasteiger partial charge is 0.242 e. The van der Waals surface area contributed by atoms with Crippen molar-refractivity contribution >= 4 is 17.5 Å². The van der Waals surface area contributed by atoms with Crippen molar-refractivity contribution in [3.8, 4) is 5.88 Å². The van der Waals surface area contributed by atoms with Gasteiger partial charge in [-0.1, -0.05) is 0 Å². The topological polar surface area (TPSA) is 162 Å². The third-order valence-electron chi connectivity index (χ3n) is 2.45. The molecule has 21 heavy (non-hydrogen) atoms. The van der Waals surface area contributed by atoms with Crippen LogP contribution in [0.3, 0.4) is 0 Å². The summed E-state index contributed by atoms with van der Waals surface area (Å²) in [4.78, 5) is 24.4. The Labute approximate surface area is 119 Å². The molecule has 10 nitrogen and oxygen atoms in total. The number of methoxy groups -OCH3 is 1. The Morgan fingerprint density at radius 1 is 1.33 bits per heavy atom. The molecule has 2 aromatic heterocycles. The fraction of sp³-hybridized carbons (Fsp3) is 0.455. The van der Waals surface area contributed by atoms with Crippen LogP contribution in [0, 0.1) is 0 Å². The van der Waals surface area contributed by atoms with Gasteiger partial charge < -0.3 is 34.9 Å². The molecule has 10 heteroatoms. The summed E-state index contributed by atoms with van der Waals surface area (Å²) in [6, 6.07) is 0. The molecule has 3 atom stereocenters. The zero-order valence-electron chi connectivity index (χ0n) is 11.1. The van der Waals surface area contributed by atoms with Crippen molar-refractivity contribution < 1.29 is 30.0 Å². The van der Waals surface area contributed by atoms with Crippen molar-refractivity contribution in [2.75, 3.05) is 13.7 Å². The number of aliphatic hydroxyl groups excluding tert-OH is 4. The van der Waals surface area contributed by atoms with Gasteiger partial charge in [0.2, 0.25) is 5.88 Å². The van der Waals surface area contributed by atoms with E-state index in [-0.39, 0.29) is 6.29 Å². The second-order valence-corrected chi connectivity index (χ2v) is 3.85. The zero-order chi connectivity index (χ0) is 15.8. The van der Waals surface area contributed by atoms with Crippen molar-refractivity contribution in [3.05, 3.63) is 12.7 Å². The molecule has 0 fully saturated rings. The quantitative estimate of drug-likeness (QED) is 0.379. The van der Waals surface area contributed by atoms with E-state index in [4.69, 9.17) is 25.2 Å². The molecule has 0 radical (unpaired) electrons. The van der Waals surface area contributed by atoms with E-state index in [2.05, 4.69) is 19.9 Å². The molecule has 116 valence electrons. The Morgan fingerprint density at radius 3 is 2.62 bits per heavy atom. The second-order valence-electron chi connectivity index (χ2n) is 3.85. The Kier molecular flexibility index (Phi) is 6.62. The average molecular weight is 300 g/mol. The molecule has 2 heterocycles. The van der Waals surface area contributed by atoms with Crippen LogP contribution in [0.15, 0.2) is 12.7 Å². The number of imidazole rings is 1. The Morgan fingerprint density at radius 2 is 2.05 bits per heavy atom. The number of aldehydes is 1. The predicted molar refractivity (Wildman–Crippen MR) is 69.4 cm³/mol. The van der Waals surface area contributed by atoms with Crippen molar-refractivity contribution in [2.45, 2.75) is 18.3 Å². The number of aromatic amines is 1. The monoisotopic (exact) mass is 300 g/mol. The Balaban J connectivity index is 0.000000212. The van der Waals surface area contributed by atoms with Crippen LogP contribution in [-0.2, 0) is 4.79 Å². The van der Waals surface area contributed by atoms with Gasteiger partial charge in [0.05, 0.1) is 20.0 Å². The van der Waals surface area contributed by atoms with Crippen LogP contribution in [0.2, 0.25) is 0 Å². The molecule has 0 saturated carbocycles. The number of H-pyrrole nitrogens is 1. The van der Waals surface area contributed by atoms with E-state index in [1.165, 1.54) is 6.33 Å². The van der Waals surface area contributed by atoms with E-state index < -0.39 is 24.9 Å². The van der Waals surface area contributed by atoms with Gasteiger partial charge in [0.15, 0.2) is 11.9 Å². The number of rotatable bonds is 5. The van der Waals surface area contributed by atoms with Gasteiger partial charge in [-0.15, -0.1) is 0 Å². The third kappa shape index (κ3) is 4.43. The van der Waals surface area contributed by atoms with Gasteiger partial charge in [-0.3, -0.25) is 0 Å². The number of hydrogen-bond donors (Lipinski definition) is 5. The fourth-order valence-corrected chi connectivity index (χ4v) is 1.31. The maximum Gasteiger partial charge on any atom is 0.242 e. The van der Waals surface area contributed by atoms with Gasteiger partial charge in [0.1, 0.15) is 30.2 Å². The summed E-state index contributed by atoms with van der Waals surface area (Å²) >= 11 is 0. The molecule has 0 aliphatic rings. The molecule has 0 saturated heterocycles. The van der Waals surface area contributed by atoms with Gasteiger partial charge >= 0.3 is 0 Å². The molecule has 3 unspecified atom stereocenters. The highest BCUT2D eigenvalue weighted by Gasteiger charge is 2.22. The van der Waals surface area contributed by atoms with Crippen molar-refractivity contribution in [1.82, 2.24) is 19.9 Å². The second kappa shape index (κ2) is 8.21. The van der Waals surface area contributed by atoms with Gasteiger partial charge in [-0.2, -0.15) is 4.98 Å². The first kappa shape index (κ1) is 16.9. The number of aliphatic hydroxyl groups is 4. The standard InChI is InChI=1S/C6H6N4O.C5H10O5/c1-11-6-4-5(8-2-7-4)9-3-10-6;6-1-3(8)5(10)4(9)2-7/h2-3H,1H3,(H,7,8,9,10);1,3-5,7-10H,2H2. The lowest BCUT2D eigenvalue weighted by Crippen LogP contribution is -2.40. The number of carbonyl (C=O) groups excluding carboxylic acids is 1. The maximum absolute atomic E-state index is 9.76. The van der Waals surface area contributed by atoms with Crippen molar-refractivity contribution in [1.29, 1.82) is 0 Å². The van der Waals surface area contributed by atoms with E-state index in [1.54, 1.807) is 13.4 Å². The van der Waals surface area contributed by atoms with Gasteiger partial charge in [0.25, 0.3) is 0 Å². The number of aromatic nitrogens is 4. The number of carbonyl (C=O) groups is 1. The first-order valence-electron chi connectivity index (χ1n) is 5.83. The van der Waals surface area contributed by atoms with E-state index >= 15 is 0 Å². The van der Waals surface area contributed by atoms with E-state index in [0.29, 0.717) is 11.5 Å². The lowest BCUT2D eigenvalue weighted by molar-refractivity contribution is -0.127. The Hall–Kier alpha value is -2.14. The summed E-state index contributed by atoms with van der Waals surface area (Å²) in [5.74, 6) is 0.521. The van der Waals surface area contributed by atoms with Gasteiger partial charge in [-0.25, -0.2) is 9.97 Å². The molecule has 0 aliphatic carbocycles. The minimum absolute atomic E-state index is 0.0869. The molecule has 2 rings (SSSR count). The fourth-order valence-electron chi connectivity index (χ4n) is 1.31. The van der Waals surface area contributed by atoms with Crippen LogP contribution < -0.4 is 4.74 Å². The summed E-state index contributed by atoms with van der Waals surface area (Å²) in [5, 5.41) is 34.1. The SMILES string of the molecule is COc1ncnc2nc[nH]c12.O=CC(O)C(O)C(O)CO. The van der Waals surface area contributed by atoms with Crippen LogP contribution in [0.4, 0.5) is 0 Å². The molecule has 0 amide bonds. The summed E-state index contributed by atoms with van der Waals surface area (Å²) < 4.78 is 4.96. The van der Waals surface area contributed by atoms with E-state index in [0.717, 1.165) is 5.52 Å². The van der Waals surface area contributed by atoms with Gasteiger partial charge in [0, 0.05) is 0 Å². The van der Waals surface area contributed by atoms with Crippen molar-refractivity contribution in [3.63, 3.8) is 0 Å². The van der Waals surface area contributed by atoms with Crippen LogP contribution in [-0.4, -0.2) is 78.7 Å². The molecule has 0 spiro atoms. The van der Waals surface area contributed by atoms with Crippen LogP contribution in [0.1, 0.15) is 0 Å². The summed E-state index contributed by atoms with van der Waals surface area (Å²) in [6.45, 7) is -0.688.